The maximum atomic E-state index is 12.6. The highest BCUT2D eigenvalue weighted by molar-refractivity contribution is 7.47. The van der Waals surface area contributed by atoms with E-state index in [2.05, 4.69) is 91.3 Å². The zero-order valence-corrected chi connectivity index (χ0v) is 39.5. The third-order valence-corrected chi connectivity index (χ3v) is 11.1. The molecular formula is C51H89O8P. The molecule has 0 saturated carbocycles. The van der Waals surface area contributed by atoms with E-state index in [-0.39, 0.29) is 25.4 Å². The Balaban J connectivity index is 3.96. The quantitative estimate of drug-likeness (QED) is 0.0279. The number of carbonyl (C=O) groups excluding carboxylic acids is 2. The number of hydrogen-bond acceptors (Lipinski definition) is 7. The summed E-state index contributed by atoms with van der Waals surface area (Å²) in [5, 5.41) is 0. The van der Waals surface area contributed by atoms with Crippen molar-refractivity contribution in [1.29, 1.82) is 0 Å². The first kappa shape index (κ1) is 57.5. The number of phosphoric acid groups is 1. The molecule has 2 atom stereocenters. The maximum Gasteiger partial charge on any atom is 0.472 e. The molecule has 0 spiro atoms. The van der Waals surface area contributed by atoms with E-state index in [0.717, 1.165) is 97.0 Å². The molecule has 0 aliphatic heterocycles. The van der Waals surface area contributed by atoms with Crippen LogP contribution in [0.2, 0.25) is 0 Å². The fraction of sp³-hybridized carbons (Fsp3) is 0.725. The van der Waals surface area contributed by atoms with Crippen molar-refractivity contribution in [1.82, 2.24) is 0 Å². The first-order valence-electron chi connectivity index (χ1n) is 24.1. The van der Waals surface area contributed by atoms with Crippen molar-refractivity contribution < 1.29 is 37.6 Å². The van der Waals surface area contributed by atoms with Crippen LogP contribution >= 0.6 is 7.82 Å². The number of esters is 2. The molecule has 60 heavy (non-hydrogen) atoms. The molecule has 0 amide bonds. The Bertz CT molecular complexity index is 1200. The molecule has 0 rings (SSSR count). The molecule has 0 aromatic carbocycles. The lowest BCUT2D eigenvalue weighted by Gasteiger charge is -2.19. The summed E-state index contributed by atoms with van der Waals surface area (Å²) in [6.45, 7) is 3.76. The fourth-order valence-corrected chi connectivity index (χ4v) is 6.96. The Kier molecular flexibility index (Phi) is 44.1. The van der Waals surface area contributed by atoms with Gasteiger partial charge < -0.3 is 14.4 Å². The highest BCUT2D eigenvalue weighted by Crippen LogP contribution is 2.42. The second-order valence-corrected chi connectivity index (χ2v) is 17.4. The minimum atomic E-state index is -4.27. The average Bonchev–Trinajstić information content (AvgIpc) is 3.24. The molecule has 0 aliphatic rings. The van der Waals surface area contributed by atoms with Crippen molar-refractivity contribution >= 4 is 19.8 Å². The Morgan fingerprint density at radius 2 is 0.850 bits per heavy atom. The Morgan fingerprint density at radius 1 is 0.483 bits per heavy atom. The van der Waals surface area contributed by atoms with Crippen LogP contribution in [0.3, 0.4) is 0 Å². The summed E-state index contributed by atoms with van der Waals surface area (Å²) in [6, 6.07) is 0. The predicted molar refractivity (Wildman–Crippen MR) is 253 cm³/mol. The van der Waals surface area contributed by atoms with Gasteiger partial charge in [-0.3, -0.25) is 18.6 Å². The first-order chi connectivity index (χ1) is 29.3. The van der Waals surface area contributed by atoms with Crippen molar-refractivity contribution in [3.05, 3.63) is 72.9 Å². The SMILES string of the molecule is CC/C=C\C/C=C\C/C=C\C/C=C\CCCCCCCCCCCCC(=O)OC(COC(=O)CCCCCCCCC/C=C\C/C=C\CCCCCC)COP(=O)(O)OC. The van der Waals surface area contributed by atoms with Crippen LogP contribution in [-0.2, 0) is 32.7 Å². The van der Waals surface area contributed by atoms with E-state index in [1.54, 1.807) is 0 Å². The van der Waals surface area contributed by atoms with E-state index < -0.39 is 26.5 Å². The normalized spacial score (nSPS) is 13.9. The van der Waals surface area contributed by atoms with Crippen LogP contribution in [0.15, 0.2) is 72.9 Å². The number of unbranched alkanes of at least 4 members (excludes halogenated alkanes) is 21. The van der Waals surface area contributed by atoms with Gasteiger partial charge in [0.1, 0.15) is 6.61 Å². The molecule has 0 aromatic rings. The second kappa shape index (κ2) is 46.0. The van der Waals surface area contributed by atoms with Gasteiger partial charge in [0, 0.05) is 20.0 Å². The lowest BCUT2D eigenvalue weighted by Crippen LogP contribution is -2.29. The molecule has 9 heteroatoms. The summed E-state index contributed by atoms with van der Waals surface area (Å²) < 4.78 is 32.1. The minimum Gasteiger partial charge on any atom is -0.462 e. The largest absolute Gasteiger partial charge is 0.472 e. The third kappa shape index (κ3) is 45.0. The Morgan fingerprint density at radius 3 is 1.27 bits per heavy atom. The Hall–Kier alpha value is -2.51. The monoisotopic (exact) mass is 861 g/mol. The molecule has 346 valence electrons. The lowest BCUT2D eigenvalue weighted by atomic mass is 10.0. The number of rotatable bonds is 44. The zero-order valence-electron chi connectivity index (χ0n) is 38.6. The van der Waals surface area contributed by atoms with Gasteiger partial charge in [0.2, 0.25) is 0 Å². The van der Waals surface area contributed by atoms with Crippen LogP contribution in [0.25, 0.3) is 0 Å². The van der Waals surface area contributed by atoms with Crippen LogP contribution < -0.4 is 0 Å². The van der Waals surface area contributed by atoms with Gasteiger partial charge in [0.05, 0.1) is 6.61 Å². The minimum absolute atomic E-state index is 0.234. The van der Waals surface area contributed by atoms with Crippen molar-refractivity contribution in [3.8, 4) is 0 Å². The molecule has 0 fully saturated rings. The second-order valence-electron chi connectivity index (χ2n) is 15.9. The zero-order chi connectivity index (χ0) is 43.9. The van der Waals surface area contributed by atoms with E-state index >= 15 is 0 Å². The summed E-state index contributed by atoms with van der Waals surface area (Å²) in [6.07, 6.45) is 59.5. The molecule has 2 unspecified atom stereocenters. The number of carbonyl (C=O) groups is 2. The van der Waals surface area contributed by atoms with Crippen molar-refractivity contribution in [2.24, 2.45) is 0 Å². The van der Waals surface area contributed by atoms with Gasteiger partial charge in [-0.25, -0.2) is 4.57 Å². The van der Waals surface area contributed by atoms with E-state index in [9.17, 15) is 19.0 Å². The summed E-state index contributed by atoms with van der Waals surface area (Å²) in [4.78, 5) is 34.6. The summed E-state index contributed by atoms with van der Waals surface area (Å²) in [5.74, 6) is -0.818. The summed E-state index contributed by atoms with van der Waals surface area (Å²) in [7, 11) is -3.21. The number of hydrogen-bond donors (Lipinski definition) is 1. The van der Waals surface area contributed by atoms with Crippen LogP contribution in [0.5, 0.6) is 0 Å². The number of allylic oxidation sites excluding steroid dienone is 12. The maximum absolute atomic E-state index is 12.6. The van der Waals surface area contributed by atoms with Crippen molar-refractivity contribution in [3.63, 3.8) is 0 Å². The van der Waals surface area contributed by atoms with Gasteiger partial charge in [0.25, 0.3) is 0 Å². The van der Waals surface area contributed by atoms with Gasteiger partial charge in [-0.05, 0) is 83.5 Å². The van der Waals surface area contributed by atoms with E-state index in [1.165, 1.54) is 89.9 Å². The smallest absolute Gasteiger partial charge is 0.462 e. The first-order valence-corrected chi connectivity index (χ1v) is 25.6. The molecule has 1 N–H and O–H groups in total. The van der Waals surface area contributed by atoms with Gasteiger partial charge in [-0.2, -0.15) is 0 Å². The topological polar surface area (TPSA) is 108 Å². The van der Waals surface area contributed by atoms with Crippen LogP contribution in [0.4, 0.5) is 0 Å². The van der Waals surface area contributed by atoms with Gasteiger partial charge in [-0.1, -0.05) is 189 Å². The number of ether oxygens (including phenoxy) is 2. The lowest BCUT2D eigenvalue weighted by molar-refractivity contribution is -0.161. The van der Waals surface area contributed by atoms with Crippen LogP contribution in [-0.4, -0.2) is 43.3 Å². The van der Waals surface area contributed by atoms with Crippen LogP contribution in [0.1, 0.15) is 213 Å². The van der Waals surface area contributed by atoms with Crippen LogP contribution in [0, 0.1) is 0 Å². The van der Waals surface area contributed by atoms with Gasteiger partial charge in [-0.15, -0.1) is 0 Å². The molecule has 8 nitrogen and oxygen atoms in total. The third-order valence-electron chi connectivity index (χ3n) is 10.2. The average molecular weight is 861 g/mol. The molecule has 0 aromatic heterocycles. The molecule has 0 radical (unpaired) electrons. The molecule has 0 aliphatic carbocycles. The predicted octanol–water partition coefficient (Wildman–Crippen LogP) is 15.7. The van der Waals surface area contributed by atoms with Crippen molar-refractivity contribution in [2.45, 2.75) is 219 Å². The van der Waals surface area contributed by atoms with E-state index in [4.69, 9.17) is 14.0 Å². The number of phosphoric ester groups is 1. The van der Waals surface area contributed by atoms with Gasteiger partial charge >= 0.3 is 19.8 Å². The van der Waals surface area contributed by atoms with Gasteiger partial charge in [0.15, 0.2) is 6.10 Å². The fourth-order valence-electron chi connectivity index (χ4n) is 6.50. The van der Waals surface area contributed by atoms with E-state index in [1.807, 2.05) is 0 Å². The molecular weight excluding hydrogens is 772 g/mol. The van der Waals surface area contributed by atoms with E-state index in [0.29, 0.717) is 6.42 Å². The molecule has 0 saturated heterocycles. The van der Waals surface area contributed by atoms with Crippen molar-refractivity contribution in [2.75, 3.05) is 20.3 Å². The molecule has 0 heterocycles. The summed E-state index contributed by atoms with van der Waals surface area (Å²) >= 11 is 0. The standard InChI is InChI=1S/C51H89O8P/c1-4-6-8-10-12-14-16-18-20-22-24-25-26-27-28-30-32-34-36-38-40-42-44-46-51(53)59-49(48-58-60(54,55)56-3)47-57-50(52)45-43-41-39-37-35-33-31-29-23-21-19-17-15-13-11-9-7-5-2/h6,8,12,14-15,17-18,20-21,23-25,49H,4-5,7,9-11,13,16,19,22,26-48H2,1-3H3,(H,54,55)/b8-6-,14-12-,17-15-,20-18-,23-21-,25-24-. The Labute approximate surface area is 368 Å². The highest BCUT2D eigenvalue weighted by Gasteiger charge is 2.24. The molecule has 0 bridgehead atoms. The summed E-state index contributed by atoms with van der Waals surface area (Å²) in [5.41, 5.74) is 0. The highest BCUT2D eigenvalue weighted by atomic mass is 31.2.